The van der Waals surface area contributed by atoms with Crippen molar-refractivity contribution in [2.24, 2.45) is 0 Å². The Hall–Kier alpha value is -1.41. The number of hydrogen-bond acceptors (Lipinski definition) is 1. The molecule has 0 unspecified atom stereocenters. The molecule has 0 amide bonds. The molecule has 0 saturated heterocycles. The lowest BCUT2D eigenvalue weighted by molar-refractivity contribution is 0.387. The third kappa shape index (κ3) is 4.89. The van der Waals surface area contributed by atoms with Crippen LogP contribution in [0.5, 0.6) is 0 Å². The molecule has 0 spiro atoms. The summed E-state index contributed by atoms with van der Waals surface area (Å²) in [6.07, 6.45) is 0. The second-order valence-electron chi connectivity index (χ2n) is 3.03. The highest BCUT2D eigenvalue weighted by atomic mass is 31.2. The van der Waals surface area contributed by atoms with E-state index in [1.807, 2.05) is 36.4 Å². The zero-order valence-electron chi connectivity index (χ0n) is 8.60. The van der Waals surface area contributed by atoms with Gasteiger partial charge in [0.2, 0.25) is 0 Å². The molecule has 2 N–H and O–H groups in total. The van der Waals surface area contributed by atoms with Gasteiger partial charge in [-0.3, -0.25) is 4.57 Å². The molecule has 16 heavy (non-hydrogen) atoms. The van der Waals surface area contributed by atoms with E-state index in [2.05, 4.69) is 0 Å². The molecule has 0 aliphatic rings. The van der Waals surface area contributed by atoms with E-state index in [0.717, 1.165) is 0 Å². The highest BCUT2D eigenvalue weighted by Gasteiger charge is 2.14. The zero-order valence-corrected chi connectivity index (χ0v) is 9.50. The second-order valence-corrected chi connectivity index (χ2v) is 4.64. The molecule has 2 rings (SSSR count). The van der Waals surface area contributed by atoms with Crippen LogP contribution in [-0.2, 0) is 4.57 Å². The van der Waals surface area contributed by atoms with Gasteiger partial charge in [-0.25, -0.2) is 0 Å². The highest BCUT2D eigenvalue weighted by molar-refractivity contribution is 7.60. The van der Waals surface area contributed by atoms with Crippen LogP contribution in [0, 0.1) is 0 Å². The maximum Gasteiger partial charge on any atom is 0.356 e. The van der Waals surface area contributed by atoms with E-state index in [1.165, 1.54) is 12.1 Å². The lowest BCUT2D eigenvalue weighted by Gasteiger charge is -2.00. The van der Waals surface area contributed by atoms with Crippen LogP contribution in [0.2, 0.25) is 0 Å². The molecule has 2 aromatic carbocycles. The molecule has 0 fully saturated rings. The fourth-order valence-corrected chi connectivity index (χ4v) is 1.57. The topological polar surface area (TPSA) is 57.5 Å². The van der Waals surface area contributed by atoms with E-state index >= 15 is 0 Å². The van der Waals surface area contributed by atoms with Gasteiger partial charge in [0, 0.05) is 0 Å². The minimum Gasteiger partial charge on any atom is -0.321 e. The smallest absolute Gasteiger partial charge is 0.321 e. The van der Waals surface area contributed by atoms with E-state index < -0.39 is 7.60 Å². The Morgan fingerprint density at radius 2 is 1.00 bits per heavy atom. The molecule has 0 aromatic heterocycles. The fraction of sp³-hybridized carbons (Fsp3) is 0. The van der Waals surface area contributed by atoms with Crippen molar-refractivity contribution in [3.63, 3.8) is 0 Å². The lowest BCUT2D eigenvalue weighted by Crippen LogP contribution is -2.01. The molecule has 4 heteroatoms. The van der Waals surface area contributed by atoms with E-state index in [0.29, 0.717) is 0 Å². The summed E-state index contributed by atoms with van der Waals surface area (Å²) in [4.78, 5) is 17.2. The van der Waals surface area contributed by atoms with Crippen LogP contribution in [0.4, 0.5) is 0 Å². The van der Waals surface area contributed by atoms with Gasteiger partial charge in [-0.05, 0) is 12.1 Å². The lowest BCUT2D eigenvalue weighted by atomic mass is 10.4. The Labute approximate surface area is 94.5 Å². The van der Waals surface area contributed by atoms with Gasteiger partial charge in [0.15, 0.2) is 0 Å². The van der Waals surface area contributed by atoms with Crippen molar-refractivity contribution in [3.8, 4) is 0 Å². The van der Waals surface area contributed by atoms with Crippen LogP contribution >= 0.6 is 7.60 Å². The van der Waals surface area contributed by atoms with Crippen LogP contribution in [0.1, 0.15) is 0 Å². The molecule has 0 saturated carbocycles. The quantitative estimate of drug-likeness (QED) is 0.746. The molecule has 3 nitrogen and oxygen atoms in total. The molecule has 2 aromatic rings. The third-order valence-electron chi connectivity index (χ3n) is 1.76. The van der Waals surface area contributed by atoms with E-state index in [9.17, 15) is 4.57 Å². The van der Waals surface area contributed by atoms with Crippen LogP contribution in [0.15, 0.2) is 66.7 Å². The SMILES string of the molecule is O=P(O)(O)c1ccccc1.c1ccccc1. The molecule has 0 radical (unpaired) electrons. The normalized spacial score (nSPS) is 10.1. The molecule has 0 aliphatic carbocycles. The molecular formula is C12H13O3P. The van der Waals surface area contributed by atoms with Crippen molar-refractivity contribution in [1.82, 2.24) is 0 Å². The molecule has 0 bridgehead atoms. The summed E-state index contributed by atoms with van der Waals surface area (Å²) in [5, 5.41) is 0.0648. The van der Waals surface area contributed by atoms with Crippen molar-refractivity contribution < 1.29 is 14.4 Å². The van der Waals surface area contributed by atoms with Gasteiger partial charge in [0.1, 0.15) is 0 Å². The first-order valence-corrected chi connectivity index (χ1v) is 6.33. The summed E-state index contributed by atoms with van der Waals surface area (Å²) in [5.74, 6) is 0. The van der Waals surface area contributed by atoms with Gasteiger partial charge in [-0.1, -0.05) is 54.6 Å². The van der Waals surface area contributed by atoms with Crippen LogP contribution < -0.4 is 5.30 Å². The zero-order chi connectivity index (χ0) is 11.9. The molecule has 84 valence electrons. The van der Waals surface area contributed by atoms with Crippen molar-refractivity contribution in [1.29, 1.82) is 0 Å². The average Bonchev–Trinajstić information content (AvgIpc) is 2.32. The standard InChI is InChI=1S/C6H7O3P.C6H6/c7-10(8,9)6-4-2-1-3-5-6;1-2-4-6-5-3-1/h1-5H,(H2,7,8,9);1-6H. The predicted molar refractivity (Wildman–Crippen MR) is 64.6 cm³/mol. The molecule has 0 aliphatic heterocycles. The van der Waals surface area contributed by atoms with Gasteiger partial charge < -0.3 is 9.79 Å². The Kier molecular flexibility index (Phi) is 4.93. The monoisotopic (exact) mass is 236 g/mol. The minimum atomic E-state index is -4.02. The van der Waals surface area contributed by atoms with Crippen LogP contribution in [0.25, 0.3) is 0 Å². The first kappa shape index (κ1) is 12.7. The molecule has 0 heterocycles. The summed E-state index contributed by atoms with van der Waals surface area (Å²) in [6, 6.07) is 19.7. The largest absolute Gasteiger partial charge is 0.356 e. The van der Waals surface area contributed by atoms with Gasteiger partial charge in [0.25, 0.3) is 0 Å². The summed E-state index contributed by atoms with van der Waals surface area (Å²) in [6.45, 7) is 0. The minimum absolute atomic E-state index is 0.0648. The number of hydrogen-bond donors (Lipinski definition) is 2. The van der Waals surface area contributed by atoms with E-state index in [1.54, 1.807) is 18.2 Å². The van der Waals surface area contributed by atoms with Gasteiger partial charge in [0.05, 0.1) is 5.30 Å². The first-order chi connectivity index (χ1) is 7.61. The maximum atomic E-state index is 10.5. The Morgan fingerprint density at radius 1 is 0.688 bits per heavy atom. The predicted octanol–water partition coefficient (Wildman–Crippen LogP) is 2.18. The summed E-state index contributed by atoms with van der Waals surface area (Å²) in [7, 11) is -4.02. The number of rotatable bonds is 1. The Bertz CT molecular complexity index is 410. The summed E-state index contributed by atoms with van der Waals surface area (Å²) < 4.78 is 10.5. The van der Waals surface area contributed by atoms with Gasteiger partial charge in [-0.15, -0.1) is 0 Å². The van der Waals surface area contributed by atoms with Crippen molar-refractivity contribution >= 4 is 12.9 Å². The van der Waals surface area contributed by atoms with Crippen LogP contribution in [0.3, 0.4) is 0 Å². The van der Waals surface area contributed by atoms with Gasteiger partial charge in [-0.2, -0.15) is 0 Å². The van der Waals surface area contributed by atoms with E-state index in [4.69, 9.17) is 9.79 Å². The van der Waals surface area contributed by atoms with Gasteiger partial charge >= 0.3 is 7.60 Å². The molecule has 0 atom stereocenters. The van der Waals surface area contributed by atoms with E-state index in [-0.39, 0.29) is 5.30 Å². The van der Waals surface area contributed by atoms with Crippen molar-refractivity contribution in [2.75, 3.05) is 0 Å². The van der Waals surface area contributed by atoms with Crippen molar-refractivity contribution in [2.45, 2.75) is 0 Å². The second kappa shape index (κ2) is 6.23. The maximum absolute atomic E-state index is 10.5. The highest BCUT2D eigenvalue weighted by Crippen LogP contribution is 2.32. The van der Waals surface area contributed by atoms with Crippen LogP contribution in [-0.4, -0.2) is 9.79 Å². The first-order valence-electron chi connectivity index (χ1n) is 4.72. The fourth-order valence-electron chi connectivity index (χ4n) is 1.01. The Morgan fingerprint density at radius 3 is 1.25 bits per heavy atom. The molecular weight excluding hydrogens is 223 g/mol. The third-order valence-corrected chi connectivity index (χ3v) is 2.73. The Balaban J connectivity index is 0.000000181. The summed E-state index contributed by atoms with van der Waals surface area (Å²) >= 11 is 0. The number of benzene rings is 2. The average molecular weight is 236 g/mol. The van der Waals surface area contributed by atoms with Crippen molar-refractivity contribution in [3.05, 3.63) is 66.7 Å². The summed E-state index contributed by atoms with van der Waals surface area (Å²) in [5.41, 5.74) is 0.